The third-order valence-corrected chi connectivity index (χ3v) is 4.96. The zero-order valence-electron chi connectivity index (χ0n) is 15.6. The minimum absolute atomic E-state index is 0.0931. The molecule has 1 aliphatic heterocycles. The lowest BCUT2D eigenvalue weighted by atomic mass is 10.1. The number of rotatable bonds is 6. The molecule has 1 aromatic carbocycles. The third kappa shape index (κ3) is 4.42. The van der Waals surface area contributed by atoms with E-state index < -0.39 is 5.91 Å². The van der Waals surface area contributed by atoms with Crippen molar-refractivity contribution in [3.05, 3.63) is 53.1 Å². The van der Waals surface area contributed by atoms with Gasteiger partial charge in [0.25, 0.3) is 5.91 Å². The number of benzene rings is 1. The molecule has 2 N–H and O–H groups in total. The average molecular weight is 368 g/mol. The smallest absolute Gasteiger partial charge is 0.252 e. The molecule has 1 aliphatic rings. The van der Waals surface area contributed by atoms with E-state index in [1.807, 2.05) is 29.2 Å². The first kappa shape index (κ1) is 18.8. The first-order valence-corrected chi connectivity index (χ1v) is 9.02. The summed E-state index contributed by atoms with van der Waals surface area (Å²) in [5.74, 6) is 1.18. The van der Waals surface area contributed by atoms with Crippen molar-refractivity contribution in [3.8, 4) is 5.75 Å². The van der Waals surface area contributed by atoms with Crippen LogP contribution in [0.15, 0.2) is 30.5 Å². The monoisotopic (exact) mass is 368 g/mol. The molecule has 1 fully saturated rings. The predicted molar refractivity (Wildman–Crippen MR) is 101 cm³/mol. The number of hydrogen-bond donors (Lipinski definition) is 1. The topological polar surface area (TPSA) is 98.4 Å². The number of likely N-dealkylation sites (tertiary alicyclic amines) is 1. The Kier molecular flexibility index (Phi) is 5.69. The Hall–Kier alpha value is -2.96. The van der Waals surface area contributed by atoms with E-state index in [1.165, 1.54) is 6.20 Å². The summed E-state index contributed by atoms with van der Waals surface area (Å²) in [6.45, 7) is 3.06. The van der Waals surface area contributed by atoms with Gasteiger partial charge in [0, 0.05) is 31.6 Å². The van der Waals surface area contributed by atoms with Crippen LogP contribution in [0.3, 0.4) is 0 Å². The molecule has 2 amide bonds. The van der Waals surface area contributed by atoms with Crippen molar-refractivity contribution >= 4 is 11.8 Å². The largest absolute Gasteiger partial charge is 0.497 e. The molecule has 7 nitrogen and oxygen atoms in total. The van der Waals surface area contributed by atoms with Gasteiger partial charge in [-0.25, -0.2) is 9.97 Å². The summed E-state index contributed by atoms with van der Waals surface area (Å²) in [7, 11) is 1.63. The molecule has 2 heterocycles. The van der Waals surface area contributed by atoms with E-state index in [0.29, 0.717) is 43.0 Å². The zero-order chi connectivity index (χ0) is 19.4. The lowest BCUT2D eigenvalue weighted by Crippen LogP contribution is -2.28. The lowest BCUT2D eigenvalue weighted by Gasteiger charge is -2.16. The number of primary amides is 1. The summed E-state index contributed by atoms with van der Waals surface area (Å²) in [4.78, 5) is 34.4. The molecule has 1 aromatic heterocycles. The Morgan fingerprint density at radius 3 is 2.67 bits per heavy atom. The van der Waals surface area contributed by atoms with E-state index >= 15 is 0 Å². The number of aryl methyl sites for hydroxylation is 2. The van der Waals surface area contributed by atoms with Crippen LogP contribution in [0.4, 0.5) is 0 Å². The van der Waals surface area contributed by atoms with Gasteiger partial charge in [0.2, 0.25) is 5.91 Å². The summed E-state index contributed by atoms with van der Waals surface area (Å²) in [6.07, 6.45) is 3.48. The normalized spacial score (nSPS) is 16.4. The molecule has 1 unspecified atom stereocenters. The number of carbonyl (C=O) groups excluding carboxylic acids is 2. The third-order valence-electron chi connectivity index (χ3n) is 4.96. The highest BCUT2D eigenvalue weighted by Gasteiger charge is 2.29. The summed E-state index contributed by atoms with van der Waals surface area (Å²) in [5.41, 5.74) is 7.33. The maximum absolute atomic E-state index is 12.5. The van der Waals surface area contributed by atoms with Crippen LogP contribution in [0.2, 0.25) is 0 Å². The second kappa shape index (κ2) is 8.16. The molecule has 1 atom stereocenters. The van der Waals surface area contributed by atoms with Crippen molar-refractivity contribution in [2.45, 2.75) is 32.1 Å². The maximum Gasteiger partial charge on any atom is 0.252 e. The van der Waals surface area contributed by atoms with Gasteiger partial charge in [-0.3, -0.25) is 9.59 Å². The molecular formula is C20H24N4O3. The SMILES string of the molecule is COc1ccc(CCC(=O)N2CCC(c3ncc(C(N)=O)c(C)n3)C2)cc1. The molecule has 1 saturated heterocycles. The Balaban J connectivity index is 1.56. The number of nitrogens with zero attached hydrogens (tertiary/aromatic N) is 3. The Morgan fingerprint density at radius 2 is 2.04 bits per heavy atom. The Bertz CT molecular complexity index is 836. The highest BCUT2D eigenvalue weighted by molar-refractivity contribution is 5.93. The fourth-order valence-electron chi connectivity index (χ4n) is 3.32. The molecule has 0 aliphatic carbocycles. The van der Waals surface area contributed by atoms with E-state index in [9.17, 15) is 9.59 Å². The second-order valence-corrected chi connectivity index (χ2v) is 6.76. The zero-order valence-corrected chi connectivity index (χ0v) is 15.6. The van der Waals surface area contributed by atoms with Gasteiger partial charge in [-0.1, -0.05) is 12.1 Å². The highest BCUT2D eigenvalue weighted by Crippen LogP contribution is 2.26. The number of amides is 2. The van der Waals surface area contributed by atoms with E-state index in [0.717, 1.165) is 17.7 Å². The molecule has 0 spiro atoms. The van der Waals surface area contributed by atoms with Crippen LogP contribution < -0.4 is 10.5 Å². The minimum Gasteiger partial charge on any atom is -0.497 e. The lowest BCUT2D eigenvalue weighted by molar-refractivity contribution is -0.130. The summed E-state index contributed by atoms with van der Waals surface area (Å²) >= 11 is 0. The molecule has 3 rings (SSSR count). The standard InChI is InChI=1S/C20H24N4O3/c1-13-17(19(21)26)11-22-20(23-13)15-9-10-24(12-15)18(25)8-5-14-3-6-16(27-2)7-4-14/h3-4,6-7,11,15H,5,8-10,12H2,1-2H3,(H2,21,26). The Morgan fingerprint density at radius 1 is 1.30 bits per heavy atom. The molecule has 7 heteroatoms. The van der Waals surface area contributed by atoms with Crippen LogP contribution in [-0.2, 0) is 11.2 Å². The first-order valence-electron chi connectivity index (χ1n) is 9.02. The Labute approximate surface area is 158 Å². The summed E-state index contributed by atoms with van der Waals surface area (Å²) in [6, 6.07) is 7.77. The maximum atomic E-state index is 12.5. The number of ether oxygens (including phenoxy) is 1. The second-order valence-electron chi connectivity index (χ2n) is 6.76. The van der Waals surface area contributed by atoms with Crippen molar-refractivity contribution in [2.24, 2.45) is 5.73 Å². The number of aromatic nitrogens is 2. The number of methoxy groups -OCH3 is 1. The van der Waals surface area contributed by atoms with E-state index in [-0.39, 0.29) is 11.8 Å². The average Bonchev–Trinajstić information content (AvgIpc) is 3.16. The molecule has 0 bridgehead atoms. The number of hydrogen-bond acceptors (Lipinski definition) is 5. The van der Waals surface area contributed by atoms with Gasteiger partial charge < -0.3 is 15.4 Å². The van der Waals surface area contributed by atoms with Crippen LogP contribution in [0.25, 0.3) is 0 Å². The van der Waals surface area contributed by atoms with Gasteiger partial charge in [0.1, 0.15) is 11.6 Å². The number of nitrogens with two attached hydrogens (primary N) is 1. The van der Waals surface area contributed by atoms with Gasteiger partial charge in [0.15, 0.2) is 0 Å². The predicted octanol–water partition coefficient (Wildman–Crippen LogP) is 1.84. The van der Waals surface area contributed by atoms with Gasteiger partial charge >= 0.3 is 0 Å². The molecule has 0 radical (unpaired) electrons. The van der Waals surface area contributed by atoms with Crippen LogP contribution >= 0.6 is 0 Å². The van der Waals surface area contributed by atoms with E-state index in [1.54, 1.807) is 14.0 Å². The van der Waals surface area contributed by atoms with Crippen LogP contribution in [0.1, 0.15) is 46.2 Å². The van der Waals surface area contributed by atoms with E-state index in [4.69, 9.17) is 10.5 Å². The van der Waals surface area contributed by atoms with Gasteiger partial charge in [-0.15, -0.1) is 0 Å². The molecule has 0 saturated carbocycles. The van der Waals surface area contributed by atoms with Crippen LogP contribution in [0, 0.1) is 6.92 Å². The van der Waals surface area contributed by atoms with Gasteiger partial charge in [0.05, 0.1) is 18.4 Å². The summed E-state index contributed by atoms with van der Waals surface area (Å²) in [5, 5.41) is 0. The number of carbonyl (C=O) groups is 2. The fourth-order valence-corrected chi connectivity index (χ4v) is 3.32. The van der Waals surface area contributed by atoms with E-state index in [2.05, 4.69) is 9.97 Å². The first-order chi connectivity index (χ1) is 13.0. The minimum atomic E-state index is -0.527. The summed E-state index contributed by atoms with van der Waals surface area (Å²) < 4.78 is 5.15. The molecule has 142 valence electrons. The molecule has 2 aromatic rings. The van der Waals surface area contributed by atoms with Crippen molar-refractivity contribution < 1.29 is 14.3 Å². The fraction of sp³-hybridized carbons (Fsp3) is 0.400. The van der Waals surface area contributed by atoms with Crippen molar-refractivity contribution in [1.29, 1.82) is 0 Å². The van der Waals surface area contributed by atoms with Crippen molar-refractivity contribution in [1.82, 2.24) is 14.9 Å². The highest BCUT2D eigenvalue weighted by atomic mass is 16.5. The molecule has 27 heavy (non-hydrogen) atoms. The van der Waals surface area contributed by atoms with Crippen LogP contribution in [-0.4, -0.2) is 46.9 Å². The van der Waals surface area contributed by atoms with Crippen molar-refractivity contribution in [2.75, 3.05) is 20.2 Å². The van der Waals surface area contributed by atoms with Gasteiger partial charge in [-0.2, -0.15) is 0 Å². The van der Waals surface area contributed by atoms with Crippen LogP contribution in [0.5, 0.6) is 5.75 Å². The van der Waals surface area contributed by atoms with Gasteiger partial charge in [-0.05, 0) is 37.5 Å². The molecular weight excluding hydrogens is 344 g/mol. The van der Waals surface area contributed by atoms with Crippen molar-refractivity contribution in [3.63, 3.8) is 0 Å². The quantitative estimate of drug-likeness (QED) is 0.839.